The summed E-state index contributed by atoms with van der Waals surface area (Å²) < 4.78 is 13.7. The molecular formula is C15H25FN2O. The summed E-state index contributed by atoms with van der Waals surface area (Å²) in [6, 6.07) is 6.85. The topological polar surface area (TPSA) is 49.5 Å². The number of benzene rings is 1. The van der Waals surface area contributed by atoms with Crippen LogP contribution in [-0.2, 0) is 0 Å². The van der Waals surface area contributed by atoms with Crippen molar-refractivity contribution in [3.63, 3.8) is 0 Å². The van der Waals surface area contributed by atoms with Crippen LogP contribution in [-0.4, -0.2) is 30.3 Å². The summed E-state index contributed by atoms with van der Waals surface area (Å²) in [6.45, 7) is 5.45. The van der Waals surface area contributed by atoms with E-state index in [0.29, 0.717) is 5.69 Å². The van der Waals surface area contributed by atoms with E-state index in [-0.39, 0.29) is 12.4 Å². The first kappa shape index (κ1) is 15.9. The number of hydrogen-bond acceptors (Lipinski definition) is 3. The second kappa shape index (κ2) is 7.46. The Balaban J connectivity index is 2.44. The molecule has 0 heterocycles. The van der Waals surface area contributed by atoms with Crippen molar-refractivity contribution >= 4 is 5.69 Å². The Labute approximate surface area is 115 Å². The average molecular weight is 268 g/mol. The van der Waals surface area contributed by atoms with Crippen molar-refractivity contribution in [1.82, 2.24) is 0 Å². The van der Waals surface area contributed by atoms with Crippen molar-refractivity contribution in [3.8, 4) is 0 Å². The highest BCUT2D eigenvalue weighted by Crippen LogP contribution is 2.19. The van der Waals surface area contributed by atoms with Crippen molar-refractivity contribution in [1.29, 1.82) is 0 Å². The van der Waals surface area contributed by atoms with Gasteiger partial charge in [-0.3, -0.25) is 0 Å². The normalized spacial score (nSPS) is 14.2. The minimum Gasteiger partial charge on any atom is -0.394 e. The third-order valence-electron chi connectivity index (χ3n) is 3.36. The molecule has 0 aliphatic carbocycles. The predicted molar refractivity (Wildman–Crippen MR) is 77.8 cm³/mol. The summed E-state index contributed by atoms with van der Waals surface area (Å²) in [5.41, 5.74) is 6.03. The molecule has 0 fully saturated rings. The first-order chi connectivity index (χ1) is 9.00. The Bertz CT molecular complexity index is 382. The number of nitrogens with two attached hydrogens (primary N) is 1. The van der Waals surface area contributed by atoms with E-state index in [1.807, 2.05) is 24.8 Å². The lowest BCUT2D eigenvalue weighted by atomic mass is 9.97. The standard InChI is InChI=1S/C15H25FN2O/c1-3-18(14-9-5-4-8-13(14)16)11-7-6-10-15(2,17)12-19/h4-5,8-9,19H,3,6-7,10-12,17H2,1-2H3. The third-order valence-corrected chi connectivity index (χ3v) is 3.36. The molecule has 0 radical (unpaired) electrons. The molecule has 19 heavy (non-hydrogen) atoms. The molecule has 0 saturated heterocycles. The predicted octanol–water partition coefficient (Wildman–Crippen LogP) is 2.53. The molecule has 1 unspecified atom stereocenters. The second-order valence-corrected chi connectivity index (χ2v) is 5.30. The van der Waals surface area contributed by atoms with Gasteiger partial charge in [0.15, 0.2) is 0 Å². The van der Waals surface area contributed by atoms with Crippen LogP contribution in [0.4, 0.5) is 10.1 Å². The molecule has 1 atom stereocenters. The summed E-state index contributed by atoms with van der Waals surface area (Å²) in [5, 5.41) is 9.08. The van der Waals surface area contributed by atoms with Gasteiger partial charge >= 0.3 is 0 Å². The van der Waals surface area contributed by atoms with Gasteiger partial charge in [0.1, 0.15) is 5.82 Å². The highest BCUT2D eigenvalue weighted by molar-refractivity contribution is 5.47. The molecule has 0 aromatic heterocycles. The van der Waals surface area contributed by atoms with Gasteiger partial charge in [-0.15, -0.1) is 0 Å². The lowest BCUT2D eigenvalue weighted by Crippen LogP contribution is -2.40. The van der Waals surface area contributed by atoms with Gasteiger partial charge in [-0.2, -0.15) is 0 Å². The summed E-state index contributed by atoms with van der Waals surface area (Å²) in [7, 11) is 0. The first-order valence-electron chi connectivity index (χ1n) is 6.89. The van der Waals surface area contributed by atoms with Crippen molar-refractivity contribution in [2.24, 2.45) is 5.73 Å². The van der Waals surface area contributed by atoms with E-state index in [1.165, 1.54) is 6.07 Å². The van der Waals surface area contributed by atoms with Crippen LogP contribution in [0.1, 0.15) is 33.1 Å². The molecule has 0 bridgehead atoms. The Morgan fingerprint density at radius 2 is 2.00 bits per heavy atom. The Morgan fingerprint density at radius 3 is 2.58 bits per heavy atom. The molecule has 1 rings (SSSR count). The third kappa shape index (κ3) is 5.17. The quantitative estimate of drug-likeness (QED) is 0.712. The van der Waals surface area contributed by atoms with Gasteiger partial charge in [-0.05, 0) is 45.2 Å². The fourth-order valence-corrected chi connectivity index (χ4v) is 2.07. The lowest BCUT2D eigenvalue weighted by molar-refractivity contribution is 0.197. The number of nitrogens with zero attached hydrogens (tertiary/aromatic N) is 1. The number of rotatable bonds is 8. The van der Waals surface area contributed by atoms with Gasteiger partial charge in [-0.25, -0.2) is 4.39 Å². The van der Waals surface area contributed by atoms with Crippen LogP contribution in [0, 0.1) is 5.82 Å². The minimum absolute atomic E-state index is 0.00218. The van der Waals surface area contributed by atoms with Crippen LogP contribution in [0.25, 0.3) is 0 Å². The summed E-state index contributed by atoms with van der Waals surface area (Å²) in [5.74, 6) is -0.177. The number of para-hydroxylation sites is 1. The van der Waals surface area contributed by atoms with Crippen LogP contribution < -0.4 is 10.6 Å². The zero-order chi connectivity index (χ0) is 14.3. The summed E-state index contributed by atoms with van der Waals surface area (Å²) in [6.07, 6.45) is 2.64. The molecule has 1 aromatic carbocycles. The van der Waals surface area contributed by atoms with Gasteiger partial charge < -0.3 is 15.7 Å². The van der Waals surface area contributed by atoms with E-state index < -0.39 is 5.54 Å². The largest absolute Gasteiger partial charge is 0.394 e. The zero-order valence-electron chi connectivity index (χ0n) is 11.9. The summed E-state index contributed by atoms with van der Waals surface area (Å²) >= 11 is 0. The van der Waals surface area contributed by atoms with Crippen LogP contribution in [0.5, 0.6) is 0 Å². The molecule has 3 N–H and O–H groups in total. The van der Waals surface area contributed by atoms with Gasteiger partial charge in [0.25, 0.3) is 0 Å². The number of anilines is 1. The van der Waals surface area contributed by atoms with Crippen molar-refractivity contribution in [3.05, 3.63) is 30.1 Å². The molecular weight excluding hydrogens is 243 g/mol. The van der Waals surface area contributed by atoms with E-state index in [1.54, 1.807) is 12.1 Å². The van der Waals surface area contributed by atoms with Crippen LogP contribution in [0.3, 0.4) is 0 Å². The van der Waals surface area contributed by atoms with Gasteiger partial charge in [0.2, 0.25) is 0 Å². The monoisotopic (exact) mass is 268 g/mol. The van der Waals surface area contributed by atoms with Crippen molar-refractivity contribution < 1.29 is 9.50 Å². The van der Waals surface area contributed by atoms with E-state index in [0.717, 1.165) is 32.4 Å². The smallest absolute Gasteiger partial charge is 0.146 e. The fraction of sp³-hybridized carbons (Fsp3) is 0.600. The Morgan fingerprint density at radius 1 is 1.32 bits per heavy atom. The average Bonchev–Trinajstić information content (AvgIpc) is 2.40. The Hall–Kier alpha value is -1.13. The maximum atomic E-state index is 13.7. The number of aliphatic hydroxyl groups is 1. The number of aliphatic hydroxyl groups excluding tert-OH is 1. The van der Waals surface area contributed by atoms with Gasteiger partial charge in [0.05, 0.1) is 12.3 Å². The fourth-order valence-electron chi connectivity index (χ4n) is 2.07. The SMILES string of the molecule is CCN(CCCCC(C)(N)CO)c1ccccc1F. The number of hydrogen-bond donors (Lipinski definition) is 2. The van der Waals surface area contributed by atoms with E-state index in [2.05, 4.69) is 0 Å². The molecule has 0 spiro atoms. The molecule has 0 aliphatic heterocycles. The molecule has 0 amide bonds. The highest BCUT2D eigenvalue weighted by Gasteiger charge is 2.16. The molecule has 1 aromatic rings. The molecule has 0 aliphatic rings. The van der Waals surface area contributed by atoms with Crippen molar-refractivity contribution in [2.75, 3.05) is 24.6 Å². The van der Waals surface area contributed by atoms with Crippen LogP contribution >= 0.6 is 0 Å². The van der Waals surface area contributed by atoms with Gasteiger partial charge in [-0.1, -0.05) is 12.1 Å². The van der Waals surface area contributed by atoms with E-state index in [9.17, 15) is 4.39 Å². The lowest BCUT2D eigenvalue weighted by Gasteiger charge is -2.25. The molecule has 108 valence electrons. The maximum absolute atomic E-state index is 13.7. The van der Waals surface area contributed by atoms with Crippen LogP contribution in [0.15, 0.2) is 24.3 Å². The molecule has 3 nitrogen and oxygen atoms in total. The molecule has 0 saturated carbocycles. The maximum Gasteiger partial charge on any atom is 0.146 e. The van der Waals surface area contributed by atoms with E-state index in [4.69, 9.17) is 10.8 Å². The number of halogens is 1. The zero-order valence-corrected chi connectivity index (χ0v) is 11.9. The number of unbranched alkanes of at least 4 members (excludes halogenated alkanes) is 1. The highest BCUT2D eigenvalue weighted by atomic mass is 19.1. The summed E-state index contributed by atoms with van der Waals surface area (Å²) in [4.78, 5) is 2.03. The van der Waals surface area contributed by atoms with E-state index >= 15 is 0 Å². The Kier molecular flexibility index (Phi) is 6.25. The first-order valence-corrected chi connectivity index (χ1v) is 6.89. The van der Waals surface area contributed by atoms with Gasteiger partial charge in [0, 0.05) is 18.6 Å². The van der Waals surface area contributed by atoms with Crippen LogP contribution in [0.2, 0.25) is 0 Å². The molecule has 4 heteroatoms. The second-order valence-electron chi connectivity index (χ2n) is 5.30. The van der Waals surface area contributed by atoms with Crippen molar-refractivity contribution in [2.45, 2.75) is 38.6 Å². The minimum atomic E-state index is -0.505.